The number of hydrogen-bond donors (Lipinski definition) is 1. The van der Waals surface area contributed by atoms with Crippen molar-refractivity contribution < 1.29 is 41.3 Å². The van der Waals surface area contributed by atoms with Crippen molar-refractivity contribution in [2.45, 2.75) is 19.4 Å². The van der Waals surface area contributed by atoms with Gasteiger partial charge in [0.25, 0.3) is 0 Å². The molecule has 0 bridgehead atoms. The van der Waals surface area contributed by atoms with Crippen molar-refractivity contribution in [1.29, 1.82) is 0 Å². The zero-order chi connectivity index (χ0) is 23.4. The number of benzene rings is 2. The Bertz CT molecular complexity index is 925. The average molecular weight is 457 g/mol. The van der Waals surface area contributed by atoms with E-state index in [1.165, 1.54) is 37.4 Å². The molecule has 0 saturated carbocycles. The smallest absolute Gasteiger partial charge is 0.420 e. The highest BCUT2D eigenvalue weighted by Crippen LogP contribution is 2.39. The largest absolute Gasteiger partial charge is 0.491 e. The third kappa shape index (κ3) is 5.76. The molecule has 174 valence electrons. The fourth-order valence-electron chi connectivity index (χ4n) is 3.02. The molecule has 0 unspecified atom stereocenters. The minimum atomic E-state index is -4.67. The molecule has 0 spiro atoms. The average Bonchev–Trinajstić information content (AvgIpc) is 2.75. The lowest BCUT2D eigenvalue weighted by Crippen LogP contribution is -2.45. The molecule has 3 rings (SSSR count). The van der Waals surface area contributed by atoms with Gasteiger partial charge in [-0.1, -0.05) is 12.1 Å². The number of halogens is 4. The molecule has 32 heavy (non-hydrogen) atoms. The number of methoxy groups -OCH3 is 1. The number of rotatable bonds is 7. The topological polar surface area (TPSA) is 66.0 Å². The molecular formula is C22H23F4NO5. The van der Waals surface area contributed by atoms with Crippen molar-refractivity contribution in [3.05, 3.63) is 59.4 Å². The standard InChI is InChI=1S/C22H23F4NO5/c1-21(12-31-19(32-13-21)14-3-5-15(23)6-4-14)20(28)27-16-7-8-18(30-10-9-29-2)17(11-16)22(24,25)26/h3-8,11,19H,9-10,12-13H2,1-2H3,(H,27,28). The first kappa shape index (κ1) is 24.0. The molecule has 2 aromatic carbocycles. The zero-order valence-electron chi connectivity index (χ0n) is 17.5. The molecule has 0 radical (unpaired) electrons. The summed E-state index contributed by atoms with van der Waals surface area (Å²) in [7, 11) is 1.41. The second-order valence-corrected chi connectivity index (χ2v) is 7.57. The summed E-state index contributed by atoms with van der Waals surface area (Å²) in [6, 6.07) is 8.84. The van der Waals surface area contributed by atoms with Gasteiger partial charge in [0.2, 0.25) is 5.91 Å². The lowest BCUT2D eigenvalue weighted by Gasteiger charge is -2.36. The molecular weight excluding hydrogens is 434 g/mol. The van der Waals surface area contributed by atoms with Gasteiger partial charge in [-0.05, 0) is 37.3 Å². The first-order chi connectivity index (χ1) is 15.1. The van der Waals surface area contributed by atoms with Crippen LogP contribution in [0.1, 0.15) is 24.3 Å². The third-order valence-corrected chi connectivity index (χ3v) is 4.88. The maximum absolute atomic E-state index is 13.4. The molecule has 0 aromatic heterocycles. The maximum atomic E-state index is 13.4. The van der Waals surface area contributed by atoms with E-state index in [-0.39, 0.29) is 37.9 Å². The number of anilines is 1. The molecule has 1 aliphatic heterocycles. The summed E-state index contributed by atoms with van der Waals surface area (Å²) in [5, 5.41) is 2.49. The van der Waals surface area contributed by atoms with Gasteiger partial charge in [0.05, 0.1) is 30.8 Å². The molecule has 6 nitrogen and oxygen atoms in total. The van der Waals surface area contributed by atoms with Crippen LogP contribution in [0.25, 0.3) is 0 Å². The molecule has 1 aliphatic rings. The highest BCUT2D eigenvalue weighted by molar-refractivity contribution is 5.95. The quantitative estimate of drug-likeness (QED) is 0.488. The Morgan fingerprint density at radius 2 is 1.78 bits per heavy atom. The van der Waals surface area contributed by atoms with Crippen LogP contribution in [0.15, 0.2) is 42.5 Å². The highest BCUT2D eigenvalue weighted by atomic mass is 19.4. The minimum absolute atomic E-state index is 0.0365. The van der Waals surface area contributed by atoms with Crippen molar-refractivity contribution in [3.63, 3.8) is 0 Å². The van der Waals surface area contributed by atoms with Gasteiger partial charge < -0.3 is 24.3 Å². The van der Waals surface area contributed by atoms with Crippen molar-refractivity contribution in [2.75, 3.05) is 38.9 Å². The van der Waals surface area contributed by atoms with Gasteiger partial charge in [-0.25, -0.2) is 4.39 Å². The molecule has 1 amide bonds. The van der Waals surface area contributed by atoms with Crippen LogP contribution in [0.5, 0.6) is 5.75 Å². The number of alkyl halides is 3. The fourth-order valence-corrected chi connectivity index (χ4v) is 3.02. The number of carbonyl (C=O) groups excluding carboxylic acids is 1. The number of amides is 1. The Kier molecular flexibility index (Phi) is 7.37. The van der Waals surface area contributed by atoms with E-state index in [0.717, 1.165) is 12.1 Å². The molecule has 0 aliphatic carbocycles. The van der Waals surface area contributed by atoms with Crippen LogP contribution in [0.4, 0.5) is 23.2 Å². The highest BCUT2D eigenvalue weighted by Gasteiger charge is 2.40. The Balaban J connectivity index is 1.67. The lowest BCUT2D eigenvalue weighted by atomic mass is 9.90. The van der Waals surface area contributed by atoms with Gasteiger partial charge in [0, 0.05) is 18.4 Å². The minimum Gasteiger partial charge on any atom is -0.491 e. The second-order valence-electron chi connectivity index (χ2n) is 7.57. The van der Waals surface area contributed by atoms with Crippen molar-refractivity contribution in [1.82, 2.24) is 0 Å². The summed E-state index contributed by atoms with van der Waals surface area (Å²) in [5.74, 6) is -1.32. The van der Waals surface area contributed by atoms with E-state index in [1.54, 1.807) is 6.92 Å². The zero-order valence-corrected chi connectivity index (χ0v) is 17.5. The van der Waals surface area contributed by atoms with Crippen LogP contribution in [-0.4, -0.2) is 39.4 Å². The molecule has 1 saturated heterocycles. The summed E-state index contributed by atoms with van der Waals surface area (Å²) in [6.45, 7) is 1.59. The molecule has 2 aromatic rings. The SMILES string of the molecule is COCCOc1ccc(NC(=O)C2(C)COC(c3ccc(F)cc3)OC2)cc1C(F)(F)F. The Morgan fingerprint density at radius 3 is 2.38 bits per heavy atom. The van der Waals surface area contributed by atoms with E-state index < -0.39 is 35.2 Å². The molecule has 0 atom stereocenters. The summed E-state index contributed by atoms with van der Waals surface area (Å²) < 4.78 is 74.6. The van der Waals surface area contributed by atoms with Gasteiger partial charge in [-0.3, -0.25) is 4.79 Å². The van der Waals surface area contributed by atoms with Gasteiger partial charge in [0.15, 0.2) is 6.29 Å². The first-order valence-electron chi connectivity index (χ1n) is 9.75. The number of nitrogens with one attached hydrogen (secondary N) is 1. The van der Waals surface area contributed by atoms with E-state index in [1.807, 2.05) is 0 Å². The van der Waals surface area contributed by atoms with Gasteiger partial charge in [0.1, 0.15) is 18.2 Å². The van der Waals surface area contributed by atoms with Crippen LogP contribution < -0.4 is 10.1 Å². The number of hydrogen-bond acceptors (Lipinski definition) is 5. The van der Waals surface area contributed by atoms with Crippen LogP contribution in [0.3, 0.4) is 0 Å². The fraction of sp³-hybridized carbons (Fsp3) is 0.409. The summed E-state index contributed by atoms with van der Waals surface area (Å²) in [6.07, 6.45) is -5.44. The molecule has 1 N–H and O–H groups in total. The first-order valence-corrected chi connectivity index (χ1v) is 9.75. The van der Waals surface area contributed by atoms with Crippen molar-refractivity contribution in [2.24, 2.45) is 5.41 Å². The van der Waals surface area contributed by atoms with Gasteiger partial charge in [-0.2, -0.15) is 13.2 Å². The Hall–Kier alpha value is -2.69. The summed E-state index contributed by atoms with van der Waals surface area (Å²) in [5.41, 5.74) is -1.59. The van der Waals surface area contributed by atoms with Crippen LogP contribution in [0, 0.1) is 11.2 Å². The van der Waals surface area contributed by atoms with Gasteiger partial charge in [-0.15, -0.1) is 0 Å². The van der Waals surface area contributed by atoms with E-state index in [0.29, 0.717) is 5.56 Å². The summed E-state index contributed by atoms with van der Waals surface area (Å²) >= 11 is 0. The van der Waals surface area contributed by atoms with E-state index >= 15 is 0 Å². The number of carbonyl (C=O) groups is 1. The lowest BCUT2D eigenvalue weighted by molar-refractivity contribution is -0.226. The van der Waals surface area contributed by atoms with Crippen LogP contribution in [-0.2, 0) is 25.2 Å². The molecule has 1 fully saturated rings. The second kappa shape index (κ2) is 9.85. The maximum Gasteiger partial charge on any atom is 0.420 e. The van der Waals surface area contributed by atoms with Crippen molar-refractivity contribution >= 4 is 11.6 Å². The van der Waals surface area contributed by atoms with E-state index in [2.05, 4.69) is 5.32 Å². The predicted octanol–water partition coefficient (Wildman–Crippen LogP) is 4.56. The monoisotopic (exact) mass is 457 g/mol. The third-order valence-electron chi connectivity index (χ3n) is 4.88. The van der Waals surface area contributed by atoms with Crippen LogP contribution >= 0.6 is 0 Å². The molecule has 10 heteroatoms. The van der Waals surface area contributed by atoms with E-state index in [9.17, 15) is 22.4 Å². The summed E-state index contributed by atoms with van der Waals surface area (Å²) in [4.78, 5) is 12.8. The predicted molar refractivity (Wildman–Crippen MR) is 107 cm³/mol. The van der Waals surface area contributed by atoms with Gasteiger partial charge >= 0.3 is 6.18 Å². The molecule has 1 heterocycles. The normalized spacial score (nSPS) is 21.2. The van der Waals surface area contributed by atoms with E-state index in [4.69, 9.17) is 18.9 Å². The van der Waals surface area contributed by atoms with Crippen molar-refractivity contribution in [3.8, 4) is 5.75 Å². The Labute approximate surface area is 182 Å². The Morgan fingerprint density at radius 1 is 1.12 bits per heavy atom. The number of ether oxygens (including phenoxy) is 4. The van der Waals surface area contributed by atoms with Crippen LogP contribution in [0.2, 0.25) is 0 Å².